The Hall–Kier alpha value is -3.65. The minimum absolute atomic E-state index is 0.0215. The molecule has 0 radical (unpaired) electrons. The molecule has 3 rings (SSSR count). The van der Waals surface area contributed by atoms with E-state index in [0.29, 0.717) is 5.02 Å². The number of rotatable bonds is 6. The Bertz CT molecular complexity index is 1150. The van der Waals surface area contributed by atoms with Crippen molar-refractivity contribution >= 4 is 29.4 Å². The highest BCUT2D eigenvalue weighted by Gasteiger charge is 2.17. The number of halogens is 1. The number of aryl methyl sites for hydroxylation is 1. The number of nitro groups is 1. The number of ether oxygens (including phenoxy) is 1. The quantitative estimate of drug-likeness (QED) is 0.358. The van der Waals surface area contributed by atoms with E-state index in [0.717, 1.165) is 28.7 Å². The second kappa shape index (κ2) is 8.79. The summed E-state index contributed by atoms with van der Waals surface area (Å²) in [5.74, 6) is -0.400. The van der Waals surface area contributed by atoms with Crippen molar-refractivity contribution in [3.05, 3.63) is 86.2 Å². The number of aromatic nitrogens is 1. The van der Waals surface area contributed by atoms with Crippen LogP contribution in [-0.2, 0) is 0 Å². The molecule has 9 heteroatoms. The average molecular weight is 427 g/mol. The number of nitrogens with one attached hydrogen (secondary N) is 1. The van der Waals surface area contributed by atoms with Crippen LogP contribution in [-0.4, -0.2) is 28.7 Å². The largest absolute Gasteiger partial charge is 0.496 e. The van der Waals surface area contributed by atoms with Crippen LogP contribution >= 0.6 is 11.6 Å². The van der Waals surface area contributed by atoms with Crippen LogP contribution in [0.25, 0.3) is 5.69 Å². The smallest absolute Gasteiger partial charge is 0.275 e. The molecule has 1 amide bonds. The van der Waals surface area contributed by atoms with Crippen molar-refractivity contribution in [3.8, 4) is 11.4 Å². The molecule has 1 heterocycles. The molecule has 8 nitrogen and oxygen atoms in total. The first-order valence-corrected chi connectivity index (χ1v) is 9.30. The fraction of sp³-hybridized carbons (Fsp3) is 0.143. The van der Waals surface area contributed by atoms with E-state index in [2.05, 4.69) is 10.5 Å². The maximum atomic E-state index is 12.5. The van der Waals surface area contributed by atoms with Gasteiger partial charge in [0, 0.05) is 39.8 Å². The van der Waals surface area contributed by atoms with E-state index >= 15 is 0 Å². The highest BCUT2D eigenvalue weighted by atomic mass is 35.5. The minimum Gasteiger partial charge on any atom is -0.496 e. The van der Waals surface area contributed by atoms with Crippen molar-refractivity contribution in [3.63, 3.8) is 0 Å². The molecular weight excluding hydrogens is 408 g/mol. The molecule has 1 aromatic heterocycles. The van der Waals surface area contributed by atoms with Crippen molar-refractivity contribution in [2.75, 3.05) is 7.11 Å². The zero-order chi connectivity index (χ0) is 21.8. The summed E-state index contributed by atoms with van der Waals surface area (Å²) >= 11 is 6.10. The lowest BCUT2D eigenvalue weighted by molar-refractivity contribution is -0.384. The zero-order valence-electron chi connectivity index (χ0n) is 16.5. The number of hydrogen-bond donors (Lipinski definition) is 1. The summed E-state index contributed by atoms with van der Waals surface area (Å²) in [7, 11) is 1.38. The standard InChI is InChI=1S/C21H19ClN4O4/c1-13-9-15(14(2)25(13)17-6-4-5-16(22)10-17)12-23-24-21(27)19-11-18(26(28)29)7-8-20(19)30-3/h4-12H,1-3H3,(H,24,27)/b23-12-. The summed E-state index contributed by atoms with van der Waals surface area (Å²) in [5, 5.41) is 15.6. The highest BCUT2D eigenvalue weighted by molar-refractivity contribution is 6.30. The van der Waals surface area contributed by atoms with Crippen LogP contribution in [0.2, 0.25) is 5.02 Å². The van der Waals surface area contributed by atoms with Crippen molar-refractivity contribution < 1.29 is 14.5 Å². The monoisotopic (exact) mass is 426 g/mol. The third-order valence-electron chi connectivity index (χ3n) is 4.54. The molecule has 1 N–H and O–H groups in total. The minimum atomic E-state index is -0.615. The molecule has 0 unspecified atom stereocenters. The maximum absolute atomic E-state index is 12.5. The lowest BCUT2D eigenvalue weighted by atomic mass is 10.1. The molecule has 0 spiro atoms. The van der Waals surface area contributed by atoms with Crippen molar-refractivity contribution in [1.82, 2.24) is 9.99 Å². The molecule has 0 aliphatic rings. The van der Waals surface area contributed by atoms with Gasteiger partial charge < -0.3 is 9.30 Å². The summed E-state index contributed by atoms with van der Waals surface area (Å²) in [6, 6.07) is 13.2. The van der Waals surface area contributed by atoms with Crippen molar-refractivity contribution in [1.29, 1.82) is 0 Å². The van der Waals surface area contributed by atoms with Gasteiger partial charge in [0.2, 0.25) is 0 Å². The molecule has 2 aromatic carbocycles. The maximum Gasteiger partial charge on any atom is 0.275 e. The predicted octanol–water partition coefficient (Wildman–Crippen LogP) is 4.43. The average Bonchev–Trinajstić information content (AvgIpc) is 3.00. The number of amides is 1. The molecule has 30 heavy (non-hydrogen) atoms. The van der Waals surface area contributed by atoms with Crippen LogP contribution in [0.5, 0.6) is 5.75 Å². The van der Waals surface area contributed by atoms with Gasteiger partial charge in [0.05, 0.1) is 23.8 Å². The first kappa shape index (κ1) is 21.1. The van der Waals surface area contributed by atoms with Gasteiger partial charge in [-0.1, -0.05) is 17.7 Å². The Morgan fingerprint density at radius 1 is 1.23 bits per heavy atom. The number of hydrazone groups is 1. The van der Waals surface area contributed by atoms with Gasteiger partial charge in [-0.05, 0) is 44.2 Å². The second-order valence-electron chi connectivity index (χ2n) is 6.48. The van der Waals surface area contributed by atoms with Gasteiger partial charge in [-0.2, -0.15) is 5.10 Å². The normalized spacial score (nSPS) is 10.9. The number of carbonyl (C=O) groups excluding carboxylic acids is 1. The Labute approximate surface area is 177 Å². The summed E-state index contributed by atoms with van der Waals surface area (Å²) in [5.41, 5.74) is 5.81. The van der Waals surface area contributed by atoms with E-state index in [9.17, 15) is 14.9 Å². The van der Waals surface area contributed by atoms with Gasteiger partial charge in [-0.15, -0.1) is 0 Å². The lowest BCUT2D eigenvalue weighted by Gasteiger charge is -2.09. The van der Waals surface area contributed by atoms with E-state index in [1.165, 1.54) is 25.5 Å². The molecule has 0 saturated carbocycles. The molecule has 0 fully saturated rings. The van der Waals surface area contributed by atoms with Crippen LogP contribution < -0.4 is 10.2 Å². The zero-order valence-corrected chi connectivity index (χ0v) is 17.3. The molecule has 0 aliphatic carbocycles. The van der Waals surface area contributed by atoms with Gasteiger partial charge in [0.25, 0.3) is 11.6 Å². The fourth-order valence-corrected chi connectivity index (χ4v) is 3.32. The topological polar surface area (TPSA) is 98.8 Å². The van der Waals surface area contributed by atoms with E-state index < -0.39 is 10.8 Å². The van der Waals surface area contributed by atoms with Crippen LogP contribution in [0, 0.1) is 24.0 Å². The molecule has 0 atom stereocenters. The number of non-ortho nitro benzene ring substituents is 1. The Balaban J connectivity index is 1.83. The Morgan fingerprint density at radius 2 is 2.00 bits per heavy atom. The second-order valence-corrected chi connectivity index (χ2v) is 6.92. The summed E-state index contributed by atoms with van der Waals surface area (Å²) < 4.78 is 7.14. The van der Waals surface area contributed by atoms with Crippen molar-refractivity contribution in [2.24, 2.45) is 5.10 Å². The van der Waals surface area contributed by atoms with Crippen LogP contribution in [0.4, 0.5) is 5.69 Å². The predicted molar refractivity (Wildman–Crippen MR) is 115 cm³/mol. The van der Waals surface area contributed by atoms with E-state index in [1.54, 1.807) is 6.07 Å². The van der Waals surface area contributed by atoms with Gasteiger partial charge >= 0.3 is 0 Å². The Morgan fingerprint density at radius 3 is 2.67 bits per heavy atom. The third kappa shape index (κ3) is 4.33. The number of carbonyl (C=O) groups is 1. The van der Waals surface area contributed by atoms with Gasteiger partial charge in [-0.25, -0.2) is 5.43 Å². The number of methoxy groups -OCH3 is 1. The van der Waals surface area contributed by atoms with E-state index in [-0.39, 0.29) is 17.0 Å². The molecule has 154 valence electrons. The summed E-state index contributed by atoms with van der Waals surface area (Å²) in [6.07, 6.45) is 1.52. The molecule has 0 bridgehead atoms. The first-order valence-electron chi connectivity index (χ1n) is 8.92. The molecule has 3 aromatic rings. The first-order chi connectivity index (χ1) is 14.3. The lowest BCUT2D eigenvalue weighted by Crippen LogP contribution is -2.18. The van der Waals surface area contributed by atoms with E-state index in [1.807, 2.05) is 42.7 Å². The number of nitrogens with zero attached hydrogens (tertiary/aromatic N) is 3. The molecule has 0 aliphatic heterocycles. The summed E-state index contributed by atoms with van der Waals surface area (Å²) in [6.45, 7) is 3.89. The summed E-state index contributed by atoms with van der Waals surface area (Å²) in [4.78, 5) is 22.9. The van der Waals surface area contributed by atoms with Crippen LogP contribution in [0.15, 0.2) is 53.6 Å². The molecular formula is C21H19ClN4O4. The van der Waals surface area contributed by atoms with Crippen LogP contribution in [0.3, 0.4) is 0 Å². The fourth-order valence-electron chi connectivity index (χ4n) is 3.14. The van der Waals surface area contributed by atoms with Gasteiger partial charge in [0.1, 0.15) is 5.75 Å². The SMILES string of the molecule is COc1ccc([N+](=O)[O-])cc1C(=O)N/N=C\c1cc(C)n(-c2cccc(Cl)c2)c1C. The molecule has 0 saturated heterocycles. The van der Waals surface area contributed by atoms with E-state index in [4.69, 9.17) is 16.3 Å². The third-order valence-corrected chi connectivity index (χ3v) is 4.78. The van der Waals surface area contributed by atoms with Gasteiger partial charge in [0.15, 0.2) is 0 Å². The highest BCUT2D eigenvalue weighted by Crippen LogP contribution is 2.24. The number of hydrogen-bond acceptors (Lipinski definition) is 5. The van der Waals surface area contributed by atoms with Crippen molar-refractivity contribution in [2.45, 2.75) is 13.8 Å². The Kier molecular flexibility index (Phi) is 6.17. The number of nitro benzene ring substituents is 1. The number of benzene rings is 2. The van der Waals surface area contributed by atoms with Crippen LogP contribution in [0.1, 0.15) is 27.3 Å². The van der Waals surface area contributed by atoms with Gasteiger partial charge in [-0.3, -0.25) is 14.9 Å².